The van der Waals surface area contributed by atoms with Gasteiger partial charge in [0, 0.05) is 74.7 Å². The normalized spacial score (nSPS) is 16.8. The van der Waals surface area contributed by atoms with Crippen molar-refractivity contribution in [1.82, 2.24) is 0 Å². The summed E-state index contributed by atoms with van der Waals surface area (Å²) in [5.74, 6) is -0.135. The van der Waals surface area contributed by atoms with Crippen molar-refractivity contribution in [1.29, 1.82) is 0 Å². The van der Waals surface area contributed by atoms with E-state index in [2.05, 4.69) is 16.7 Å². The number of carbonyl (C=O) groups is 7. The summed E-state index contributed by atoms with van der Waals surface area (Å²) >= 11 is 2.52. The number of ether oxygens (including phenoxy) is 2. The van der Waals surface area contributed by atoms with Crippen molar-refractivity contribution in [2.45, 2.75) is 63.5 Å². The summed E-state index contributed by atoms with van der Waals surface area (Å²) in [7, 11) is 0. The molecule has 2 N–H and O–H groups in total. The van der Waals surface area contributed by atoms with Crippen LogP contribution in [0.15, 0.2) is 84.9 Å². The summed E-state index contributed by atoms with van der Waals surface area (Å²) in [6.07, 6.45) is 0.839. The topological polar surface area (TPSA) is 162 Å². The first-order chi connectivity index (χ1) is 27.9. The van der Waals surface area contributed by atoms with Crippen molar-refractivity contribution < 1.29 is 43.0 Å². The monoisotopic (exact) mass is 820 g/mol. The van der Waals surface area contributed by atoms with Crippen LogP contribution in [0.5, 0.6) is 0 Å². The van der Waals surface area contributed by atoms with Gasteiger partial charge in [-0.1, -0.05) is 72.4 Å². The predicted octanol–water partition coefficient (Wildman–Crippen LogP) is 7.69. The molecule has 0 aliphatic heterocycles. The highest BCUT2D eigenvalue weighted by molar-refractivity contribution is 8.13. The molecule has 3 unspecified atom stereocenters. The van der Waals surface area contributed by atoms with Gasteiger partial charge in [0.25, 0.3) is 0 Å². The third kappa shape index (κ3) is 10.5. The Morgan fingerprint density at radius 1 is 0.621 bits per heavy atom. The molecule has 3 atom stereocenters. The fourth-order valence-electron chi connectivity index (χ4n) is 7.42. The Bertz CT molecular complexity index is 2270. The average Bonchev–Trinajstić information content (AvgIpc) is 3.79. The van der Waals surface area contributed by atoms with Crippen LogP contribution in [0, 0.1) is 0 Å². The lowest BCUT2D eigenvalue weighted by atomic mass is 9.97. The number of ketones is 2. The molecule has 1 saturated carbocycles. The molecule has 0 saturated heterocycles. The molecule has 3 aliphatic carbocycles. The van der Waals surface area contributed by atoms with Gasteiger partial charge in [0.05, 0.1) is 11.7 Å². The van der Waals surface area contributed by atoms with Crippen LogP contribution < -0.4 is 10.6 Å². The van der Waals surface area contributed by atoms with Gasteiger partial charge in [-0.3, -0.25) is 33.6 Å². The zero-order chi connectivity index (χ0) is 41.3. The number of anilines is 2. The molecule has 1 fully saturated rings. The molecule has 3 aliphatic rings. The molecule has 0 aromatic heterocycles. The highest BCUT2D eigenvalue weighted by Crippen LogP contribution is 2.47. The van der Waals surface area contributed by atoms with Gasteiger partial charge in [-0.25, -0.2) is 0 Å². The van der Waals surface area contributed by atoms with E-state index in [0.717, 1.165) is 56.3 Å². The number of hydrogen-bond donors (Lipinski definition) is 2. The van der Waals surface area contributed by atoms with E-state index < -0.39 is 0 Å². The number of hydrogen-bond acceptors (Lipinski definition) is 11. The maximum atomic E-state index is 12.4. The van der Waals surface area contributed by atoms with Crippen molar-refractivity contribution in [2.24, 2.45) is 0 Å². The zero-order valence-electron chi connectivity index (χ0n) is 32.5. The minimum Gasteiger partial charge on any atom is -0.465 e. The van der Waals surface area contributed by atoms with E-state index in [-0.39, 0.29) is 96.4 Å². The molecular weight excluding hydrogens is 777 g/mol. The first-order valence-electron chi connectivity index (χ1n) is 19.0. The summed E-state index contributed by atoms with van der Waals surface area (Å²) in [4.78, 5) is 81.1. The van der Waals surface area contributed by atoms with Crippen LogP contribution in [0.2, 0.25) is 0 Å². The number of carbonyl (C=O) groups excluding carboxylic acids is 7. The van der Waals surface area contributed by atoms with Gasteiger partial charge in [-0.15, -0.1) is 11.8 Å². The highest BCUT2D eigenvalue weighted by atomic mass is 32.2. The number of fused-ring (bicyclic) bond motifs is 6. The van der Waals surface area contributed by atoms with Crippen LogP contribution in [-0.2, 0) is 43.0 Å². The largest absolute Gasteiger partial charge is 0.465 e. The molecule has 13 heteroatoms. The second-order valence-electron chi connectivity index (χ2n) is 14.2. The first-order valence-corrected chi connectivity index (χ1v) is 21.0. The highest BCUT2D eigenvalue weighted by Gasteiger charge is 2.32. The number of Topliss-reactive ketones (excluding diaryl/α,β-unsaturated/α-hetero) is 2. The van der Waals surface area contributed by atoms with Gasteiger partial charge < -0.3 is 20.1 Å². The Morgan fingerprint density at radius 2 is 1.09 bits per heavy atom. The van der Waals surface area contributed by atoms with E-state index in [1.54, 1.807) is 0 Å². The van der Waals surface area contributed by atoms with E-state index in [4.69, 9.17) is 9.47 Å². The smallest absolute Gasteiger partial charge is 0.302 e. The number of thioether (sulfide) groups is 2. The van der Waals surface area contributed by atoms with Gasteiger partial charge in [-0.2, -0.15) is 0 Å². The van der Waals surface area contributed by atoms with Crippen LogP contribution in [0.1, 0.15) is 80.5 Å². The Hall–Kier alpha value is -5.53. The van der Waals surface area contributed by atoms with Gasteiger partial charge >= 0.3 is 11.9 Å². The molecular formula is C45H44N2O9S2. The maximum absolute atomic E-state index is 12.4. The van der Waals surface area contributed by atoms with E-state index in [1.165, 1.54) is 32.5 Å². The number of nitrogens with one attached hydrogen (secondary N) is 2. The van der Waals surface area contributed by atoms with Crippen LogP contribution in [0.25, 0.3) is 22.3 Å². The lowest BCUT2D eigenvalue weighted by molar-refractivity contribution is -0.142. The summed E-state index contributed by atoms with van der Waals surface area (Å²) in [6, 6.07) is 27.7. The fraction of sp³-hybridized carbons (Fsp3) is 0.311. The van der Waals surface area contributed by atoms with E-state index in [9.17, 15) is 33.6 Å². The van der Waals surface area contributed by atoms with Crippen LogP contribution in [0.4, 0.5) is 11.4 Å². The van der Waals surface area contributed by atoms with Crippen LogP contribution >= 0.6 is 23.5 Å². The van der Waals surface area contributed by atoms with Crippen molar-refractivity contribution in [3.63, 3.8) is 0 Å². The minimum absolute atomic E-state index is 0.00593. The van der Waals surface area contributed by atoms with Crippen molar-refractivity contribution in [2.75, 3.05) is 35.4 Å². The summed E-state index contributed by atoms with van der Waals surface area (Å²) in [5, 5.41) is 5.50. The summed E-state index contributed by atoms with van der Waals surface area (Å²) < 4.78 is 10.6. The quantitative estimate of drug-likeness (QED) is 0.100. The molecule has 0 heterocycles. The third-order valence-corrected chi connectivity index (χ3v) is 12.1. The Kier molecular flexibility index (Phi) is 14.0. The lowest BCUT2D eigenvalue weighted by Crippen LogP contribution is -2.15. The fourth-order valence-corrected chi connectivity index (χ4v) is 9.15. The van der Waals surface area contributed by atoms with E-state index in [0.29, 0.717) is 22.9 Å². The predicted molar refractivity (Wildman–Crippen MR) is 226 cm³/mol. The van der Waals surface area contributed by atoms with Gasteiger partial charge in [0.2, 0.25) is 11.8 Å². The van der Waals surface area contributed by atoms with Gasteiger partial charge in [0.15, 0.2) is 10.9 Å². The Balaban J connectivity index is 0.000000198. The van der Waals surface area contributed by atoms with Gasteiger partial charge in [0.1, 0.15) is 19.0 Å². The molecule has 4 aromatic carbocycles. The molecule has 0 bridgehead atoms. The summed E-state index contributed by atoms with van der Waals surface area (Å²) in [5.41, 5.74) is 10.1. The van der Waals surface area contributed by atoms with Gasteiger partial charge in [-0.05, 0) is 68.8 Å². The molecule has 58 heavy (non-hydrogen) atoms. The standard InChI is InChI=1S/C24H23NO5S.C21H21NO4S/c1-14(26)30-13-21-18-5-3-2-4-17(18)19-7-6-15(10-20(19)21)25-24(29)8-9-31-23-12-16(27)11-22(23)28;1-13(23)26-12-20-17-6-4-3-5-16(17)18-8-7-15(11-19(18)20)22-21(25)9-10-27-14(2)24/h2-7,10,21,23H,8-9,11-13H2,1H3,(H,25,29);3-8,11,20H,9-10,12H2,1-2H3,(H,22,25). The minimum atomic E-state index is -0.324. The van der Waals surface area contributed by atoms with Crippen molar-refractivity contribution in [3.8, 4) is 22.3 Å². The number of esters is 2. The average molecular weight is 821 g/mol. The van der Waals surface area contributed by atoms with Crippen LogP contribution in [-0.4, -0.2) is 70.4 Å². The van der Waals surface area contributed by atoms with Crippen molar-refractivity contribution in [3.05, 3.63) is 107 Å². The number of amides is 2. The number of rotatable bonds is 13. The Labute approximate surface area is 345 Å². The molecule has 4 aromatic rings. The summed E-state index contributed by atoms with van der Waals surface area (Å²) in [6.45, 7) is 4.81. The van der Waals surface area contributed by atoms with Crippen molar-refractivity contribution >= 4 is 75.3 Å². The first kappa shape index (κ1) is 42.1. The molecule has 0 radical (unpaired) electrons. The molecule has 300 valence electrons. The Morgan fingerprint density at radius 3 is 1.53 bits per heavy atom. The second kappa shape index (κ2) is 19.3. The van der Waals surface area contributed by atoms with E-state index >= 15 is 0 Å². The number of benzene rings is 4. The van der Waals surface area contributed by atoms with E-state index in [1.807, 2.05) is 78.9 Å². The zero-order valence-corrected chi connectivity index (χ0v) is 34.1. The molecule has 2 amide bonds. The molecule has 7 rings (SSSR count). The lowest BCUT2D eigenvalue weighted by Gasteiger charge is -2.14. The molecule has 11 nitrogen and oxygen atoms in total. The second-order valence-corrected chi connectivity index (χ2v) is 16.8. The molecule has 0 spiro atoms. The third-order valence-electron chi connectivity index (χ3n) is 10.0. The van der Waals surface area contributed by atoms with Crippen LogP contribution in [0.3, 0.4) is 0 Å². The SMILES string of the molecule is CC(=O)OCC1c2ccccc2-c2ccc(NC(=O)CCSC(C)=O)cc21.CC(=O)OCC1c2ccccc2-c2ccc(NC(=O)CCSC3CC(=O)CC3=O)cc21. The maximum Gasteiger partial charge on any atom is 0.302 e.